The van der Waals surface area contributed by atoms with E-state index in [2.05, 4.69) is 54.3 Å². The summed E-state index contributed by atoms with van der Waals surface area (Å²) in [5, 5.41) is 10.5. The van der Waals surface area contributed by atoms with Gasteiger partial charge in [-0.25, -0.2) is 4.79 Å². The number of hydrogen-bond donors (Lipinski definition) is 2. The summed E-state index contributed by atoms with van der Waals surface area (Å²) in [7, 11) is 0. The first kappa shape index (κ1) is 18.2. The van der Waals surface area contributed by atoms with Crippen LogP contribution < -0.4 is 5.32 Å². The van der Waals surface area contributed by atoms with Crippen molar-refractivity contribution in [2.24, 2.45) is 0 Å². The van der Waals surface area contributed by atoms with Gasteiger partial charge in [0, 0.05) is 32.3 Å². The van der Waals surface area contributed by atoms with Crippen LogP contribution in [-0.4, -0.2) is 22.8 Å². The number of fused-ring (bicyclic) bond motifs is 1. The van der Waals surface area contributed by atoms with Crippen LogP contribution in [0.5, 0.6) is 0 Å². The van der Waals surface area contributed by atoms with Gasteiger partial charge in [0.2, 0.25) is 0 Å². The van der Waals surface area contributed by atoms with Gasteiger partial charge < -0.3 is 10.1 Å². The number of ether oxygens (including phenoxy) is 1. The molecule has 1 unspecified atom stereocenters. The van der Waals surface area contributed by atoms with E-state index in [-0.39, 0.29) is 11.9 Å². The molecule has 0 spiro atoms. The molecule has 0 amide bonds. The topological polar surface area (TPSA) is 67.0 Å². The Balaban J connectivity index is 2.23. The Morgan fingerprint density at radius 3 is 2.80 bits per heavy atom. The van der Waals surface area contributed by atoms with Gasteiger partial charge in [-0.3, -0.25) is 5.10 Å². The van der Waals surface area contributed by atoms with E-state index in [0.29, 0.717) is 12.2 Å². The first-order valence-electron chi connectivity index (χ1n) is 8.23. The Labute approximate surface area is 163 Å². The normalized spacial score (nSPS) is 16.4. The molecular weight excluding hydrogens is 450 g/mol. The summed E-state index contributed by atoms with van der Waals surface area (Å²) >= 11 is 7.22. The highest BCUT2D eigenvalue weighted by Crippen LogP contribution is 2.45. The highest BCUT2D eigenvalue weighted by Gasteiger charge is 2.36. The summed E-state index contributed by atoms with van der Waals surface area (Å²) in [6.07, 6.45) is 3.50. The number of aromatic amines is 1. The number of nitrogens with zero attached hydrogens (tertiary/aromatic N) is 1. The number of carbonyl (C=O) groups is 1. The van der Waals surface area contributed by atoms with Crippen molar-refractivity contribution < 1.29 is 9.53 Å². The lowest BCUT2D eigenvalue weighted by Gasteiger charge is -2.29. The summed E-state index contributed by atoms with van der Waals surface area (Å²) < 4.78 is 7.24. The maximum atomic E-state index is 12.8. The molecule has 0 bridgehead atoms. The fourth-order valence-corrected chi connectivity index (χ4v) is 4.00. The number of H-pyrrole nitrogens is 1. The smallest absolute Gasteiger partial charge is 0.336 e. The Morgan fingerprint density at radius 2 is 2.08 bits per heavy atom. The average Bonchev–Trinajstić information content (AvgIpc) is 3.05. The fraction of sp³-hybridized carbons (Fsp3) is 0.333. The minimum absolute atomic E-state index is 0.248. The van der Waals surface area contributed by atoms with Crippen LogP contribution in [0.25, 0.3) is 0 Å². The minimum atomic E-state index is -0.290. The predicted molar refractivity (Wildman–Crippen MR) is 104 cm³/mol. The highest BCUT2D eigenvalue weighted by atomic mass is 79.9. The van der Waals surface area contributed by atoms with E-state index in [9.17, 15) is 4.79 Å². The van der Waals surface area contributed by atoms with E-state index < -0.39 is 0 Å². The third-order valence-electron chi connectivity index (χ3n) is 4.15. The second-order valence-corrected chi connectivity index (χ2v) is 7.40. The fourth-order valence-electron chi connectivity index (χ4n) is 3.12. The third kappa shape index (κ3) is 3.40. The molecule has 25 heavy (non-hydrogen) atoms. The van der Waals surface area contributed by atoms with E-state index >= 15 is 0 Å². The molecule has 7 heteroatoms. The summed E-state index contributed by atoms with van der Waals surface area (Å²) in [4.78, 5) is 12.8. The van der Waals surface area contributed by atoms with Crippen LogP contribution in [0.1, 0.15) is 43.7 Å². The number of carbonyl (C=O) groups excluding carboxylic acids is 1. The molecular formula is C18H19Br2N3O2. The molecule has 2 heterocycles. The Kier molecular flexibility index (Phi) is 5.64. The Bertz CT molecular complexity index is 829. The standard InChI is InChI=1S/C18H19Br2N3O2/c1-3-6-13-15(18(24)25-4-2)14(11-9-21-23-17(11)22-13)10-7-5-8-12(19)16(10)20/h5,7-9,14H,3-4,6H2,1-2H3,(H2,21,22,23). The van der Waals surface area contributed by atoms with Crippen molar-refractivity contribution in [3.63, 3.8) is 0 Å². The lowest BCUT2D eigenvalue weighted by atomic mass is 9.82. The van der Waals surface area contributed by atoms with Crippen LogP contribution >= 0.6 is 31.9 Å². The molecule has 2 N–H and O–H groups in total. The van der Waals surface area contributed by atoms with Crippen molar-refractivity contribution in [3.05, 3.63) is 55.7 Å². The molecule has 1 aliphatic rings. The summed E-state index contributed by atoms with van der Waals surface area (Å²) in [5.41, 5.74) is 3.45. The van der Waals surface area contributed by atoms with Gasteiger partial charge in [0.1, 0.15) is 0 Å². The molecule has 1 aliphatic heterocycles. The van der Waals surface area contributed by atoms with Gasteiger partial charge >= 0.3 is 5.97 Å². The van der Waals surface area contributed by atoms with Crippen LogP contribution in [0.15, 0.2) is 44.6 Å². The molecule has 132 valence electrons. The van der Waals surface area contributed by atoms with Gasteiger partial charge in [-0.05, 0) is 56.8 Å². The van der Waals surface area contributed by atoms with Crippen molar-refractivity contribution in [1.29, 1.82) is 0 Å². The van der Waals surface area contributed by atoms with Gasteiger partial charge in [0.05, 0.1) is 12.2 Å². The minimum Gasteiger partial charge on any atom is -0.463 e. The molecule has 0 radical (unpaired) electrons. The molecule has 2 aromatic rings. The number of anilines is 1. The molecule has 3 rings (SSSR count). The second kappa shape index (κ2) is 7.74. The lowest BCUT2D eigenvalue weighted by Crippen LogP contribution is -2.25. The quantitative estimate of drug-likeness (QED) is 0.598. The maximum Gasteiger partial charge on any atom is 0.336 e. The van der Waals surface area contributed by atoms with Gasteiger partial charge in [0.25, 0.3) is 0 Å². The number of allylic oxidation sites excluding steroid dienone is 1. The van der Waals surface area contributed by atoms with E-state index in [1.807, 2.05) is 31.3 Å². The zero-order valence-corrected chi connectivity index (χ0v) is 17.2. The van der Waals surface area contributed by atoms with Crippen molar-refractivity contribution in [2.75, 3.05) is 11.9 Å². The second-order valence-electron chi connectivity index (χ2n) is 5.75. The molecule has 1 aromatic carbocycles. The number of rotatable bonds is 5. The zero-order chi connectivity index (χ0) is 18.0. The number of aromatic nitrogens is 2. The summed E-state index contributed by atoms with van der Waals surface area (Å²) in [6.45, 7) is 4.25. The number of benzene rings is 1. The Hall–Kier alpha value is -1.60. The number of halogens is 2. The molecule has 0 aliphatic carbocycles. The van der Waals surface area contributed by atoms with Crippen molar-refractivity contribution >= 4 is 43.6 Å². The maximum absolute atomic E-state index is 12.8. The number of esters is 1. The number of hydrogen-bond acceptors (Lipinski definition) is 4. The first-order chi connectivity index (χ1) is 12.1. The van der Waals surface area contributed by atoms with Crippen LogP contribution in [0.2, 0.25) is 0 Å². The van der Waals surface area contributed by atoms with E-state index in [1.165, 1.54) is 0 Å². The van der Waals surface area contributed by atoms with E-state index in [1.54, 1.807) is 0 Å². The highest BCUT2D eigenvalue weighted by molar-refractivity contribution is 9.13. The van der Waals surface area contributed by atoms with Gasteiger partial charge in [-0.2, -0.15) is 5.10 Å². The third-order valence-corrected chi connectivity index (χ3v) is 6.23. The zero-order valence-electron chi connectivity index (χ0n) is 14.0. The molecule has 0 saturated heterocycles. The van der Waals surface area contributed by atoms with Crippen LogP contribution in [-0.2, 0) is 9.53 Å². The van der Waals surface area contributed by atoms with Crippen LogP contribution in [0.3, 0.4) is 0 Å². The average molecular weight is 469 g/mol. The number of nitrogens with one attached hydrogen (secondary N) is 2. The van der Waals surface area contributed by atoms with Gasteiger partial charge in [-0.1, -0.05) is 25.5 Å². The van der Waals surface area contributed by atoms with Gasteiger partial charge in [-0.15, -0.1) is 0 Å². The molecule has 5 nitrogen and oxygen atoms in total. The summed E-state index contributed by atoms with van der Waals surface area (Å²) in [5.74, 6) is 0.220. The van der Waals surface area contributed by atoms with Crippen LogP contribution in [0, 0.1) is 0 Å². The lowest BCUT2D eigenvalue weighted by molar-refractivity contribution is -0.138. The SMILES string of the molecule is CCCC1=C(C(=O)OCC)C(c2cccc(Br)c2Br)c2c[nH]nc2N1. The molecule has 1 atom stereocenters. The predicted octanol–water partition coefficient (Wildman–Crippen LogP) is 5.11. The molecule has 0 fully saturated rings. The van der Waals surface area contributed by atoms with Crippen molar-refractivity contribution in [2.45, 2.75) is 32.6 Å². The van der Waals surface area contributed by atoms with Crippen LogP contribution in [0.4, 0.5) is 5.82 Å². The first-order valence-corrected chi connectivity index (χ1v) is 9.81. The monoisotopic (exact) mass is 467 g/mol. The molecule has 1 aromatic heterocycles. The Morgan fingerprint density at radius 1 is 1.28 bits per heavy atom. The van der Waals surface area contributed by atoms with Crippen molar-refractivity contribution in [3.8, 4) is 0 Å². The molecule has 0 saturated carbocycles. The van der Waals surface area contributed by atoms with E-state index in [4.69, 9.17) is 4.74 Å². The summed E-state index contributed by atoms with van der Waals surface area (Å²) in [6, 6.07) is 5.95. The largest absolute Gasteiger partial charge is 0.463 e. The van der Waals surface area contributed by atoms with E-state index in [0.717, 1.165) is 44.4 Å². The van der Waals surface area contributed by atoms with Crippen molar-refractivity contribution in [1.82, 2.24) is 10.2 Å². The van der Waals surface area contributed by atoms with Gasteiger partial charge in [0.15, 0.2) is 5.82 Å².